The molecule has 0 radical (unpaired) electrons. The van der Waals surface area contributed by atoms with Gasteiger partial charge in [-0.15, -0.1) is 0 Å². The topological polar surface area (TPSA) is 57.9 Å². The summed E-state index contributed by atoms with van der Waals surface area (Å²) in [5.41, 5.74) is 2.49. The molecule has 1 N–H and O–H groups in total. The van der Waals surface area contributed by atoms with Gasteiger partial charge in [0.15, 0.2) is 0 Å². The van der Waals surface area contributed by atoms with Gasteiger partial charge in [0.1, 0.15) is 23.5 Å². The molecule has 0 amide bonds. The van der Waals surface area contributed by atoms with Crippen LogP contribution in [0.25, 0.3) is 11.3 Å². The quantitative estimate of drug-likeness (QED) is 0.703. The number of hydrogen-bond acceptors (Lipinski definition) is 4. The number of nitrogens with one attached hydrogen (secondary N) is 1. The van der Waals surface area contributed by atoms with Gasteiger partial charge >= 0.3 is 0 Å². The second-order valence-electron chi connectivity index (χ2n) is 5.19. The van der Waals surface area contributed by atoms with E-state index in [9.17, 15) is 9.65 Å². The van der Waals surface area contributed by atoms with Crippen LogP contribution >= 0.6 is 11.6 Å². The highest BCUT2D eigenvalue weighted by Crippen LogP contribution is 2.27. The van der Waals surface area contributed by atoms with E-state index in [0.717, 1.165) is 11.3 Å². The number of nitriles is 1. The Morgan fingerprint density at radius 3 is 2.52 bits per heavy atom. The monoisotopic (exact) mass is 353 g/mol. The summed E-state index contributed by atoms with van der Waals surface area (Å²) in [5.74, 6) is 0.614. The highest BCUT2D eigenvalue weighted by Gasteiger charge is 2.09. The van der Waals surface area contributed by atoms with Gasteiger partial charge in [-0.3, -0.25) is 0 Å². The molecule has 0 aliphatic carbocycles. The van der Waals surface area contributed by atoms with Crippen molar-refractivity contribution in [2.45, 2.75) is 0 Å². The molecular weight excluding hydrogens is 341 g/mol. The number of ether oxygens (including phenoxy) is 1. The zero-order chi connectivity index (χ0) is 17.8. The van der Waals surface area contributed by atoms with Gasteiger partial charge in [0.2, 0.25) is 0 Å². The lowest BCUT2D eigenvalue weighted by atomic mass is 10.1. The van der Waals surface area contributed by atoms with E-state index in [2.05, 4.69) is 16.4 Å². The van der Waals surface area contributed by atoms with E-state index >= 15 is 0 Å². The van der Waals surface area contributed by atoms with Gasteiger partial charge < -0.3 is 10.1 Å². The number of methoxy groups -OCH3 is 1. The van der Waals surface area contributed by atoms with Crippen LogP contribution in [0, 0.1) is 17.1 Å². The Labute approximate surface area is 149 Å². The third kappa shape index (κ3) is 3.70. The van der Waals surface area contributed by atoms with Gasteiger partial charge in [0.25, 0.3) is 0 Å². The maximum atomic E-state index is 13.3. The summed E-state index contributed by atoms with van der Waals surface area (Å²) >= 11 is 5.80. The van der Waals surface area contributed by atoms with Gasteiger partial charge in [-0.2, -0.15) is 5.26 Å². The van der Waals surface area contributed by atoms with Crippen LogP contribution < -0.4 is 10.1 Å². The fraction of sp³-hybridized carbons (Fsp3) is 0.0526. The highest BCUT2D eigenvalue weighted by atomic mass is 35.5. The van der Waals surface area contributed by atoms with Crippen LogP contribution in [0.3, 0.4) is 0 Å². The summed E-state index contributed by atoms with van der Waals surface area (Å²) in [6, 6.07) is 17.2. The fourth-order valence-corrected chi connectivity index (χ4v) is 2.46. The number of pyridine rings is 1. The van der Waals surface area contributed by atoms with Crippen LogP contribution in [0.1, 0.15) is 5.56 Å². The molecule has 3 rings (SSSR count). The Kier molecular flexibility index (Phi) is 4.82. The van der Waals surface area contributed by atoms with Gasteiger partial charge in [0, 0.05) is 11.3 Å². The molecule has 0 fully saturated rings. The van der Waals surface area contributed by atoms with Crippen LogP contribution in [0.4, 0.5) is 15.9 Å². The molecule has 0 spiro atoms. The van der Waals surface area contributed by atoms with Crippen LogP contribution in [0.2, 0.25) is 5.02 Å². The molecule has 0 atom stereocenters. The Morgan fingerprint density at radius 2 is 1.88 bits per heavy atom. The summed E-state index contributed by atoms with van der Waals surface area (Å²) in [6.07, 6.45) is 0. The predicted molar refractivity (Wildman–Crippen MR) is 95.6 cm³/mol. The minimum atomic E-state index is -0.507. The minimum Gasteiger partial charge on any atom is -0.497 e. The molecule has 3 aromatic rings. The first-order valence-electron chi connectivity index (χ1n) is 7.38. The normalized spacial score (nSPS) is 10.2. The molecule has 25 heavy (non-hydrogen) atoms. The summed E-state index contributed by atoms with van der Waals surface area (Å²) in [4.78, 5) is 4.51. The average Bonchev–Trinajstić information content (AvgIpc) is 2.65. The molecule has 0 aliphatic rings. The zero-order valence-electron chi connectivity index (χ0n) is 13.3. The number of hydrogen-bond donors (Lipinski definition) is 1. The lowest BCUT2D eigenvalue weighted by Crippen LogP contribution is -1.99. The van der Waals surface area contributed by atoms with E-state index in [1.165, 1.54) is 18.2 Å². The lowest BCUT2D eigenvalue weighted by Gasteiger charge is -2.10. The van der Waals surface area contributed by atoms with Crippen molar-refractivity contribution in [3.63, 3.8) is 0 Å². The first-order chi connectivity index (χ1) is 12.1. The number of rotatable bonds is 4. The van der Waals surface area contributed by atoms with Gasteiger partial charge in [-0.1, -0.05) is 11.6 Å². The van der Waals surface area contributed by atoms with Crippen LogP contribution in [-0.2, 0) is 0 Å². The highest BCUT2D eigenvalue weighted by molar-refractivity contribution is 6.31. The standard InChI is InChI=1S/C19H13ClFN3O/c1-25-15-6-2-12(3-7-15)18-9-4-13(11-22)19(24-18)23-14-5-8-17(21)16(20)10-14/h2-10H,1H3,(H,23,24). The lowest BCUT2D eigenvalue weighted by molar-refractivity contribution is 0.415. The summed E-state index contributed by atoms with van der Waals surface area (Å²) in [7, 11) is 1.60. The molecule has 2 aromatic carbocycles. The molecule has 0 saturated carbocycles. The van der Waals surface area contributed by atoms with E-state index in [1.54, 1.807) is 19.2 Å². The number of nitrogens with zero attached hydrogens (tertiary/aromatic N) is 2. The van der Waals surface area contributed by atoms with Crippen molar-refractivity contribution in [2.75, 3.05) is 12.4 Å². The van der Waals surface area contributed by atoms with Crippen molar-refractivity contribution in [3.8, 4) is 23.1 Å². The SMILES string of the molecule is COc1ccc(-c2ccc(C#N)c(Nc3ccc(F)c(Cl)c3)n2)cc1. The minimum absolute atomic E-state index is 0.00480. The Bertz CT molecular complexity index is 952. The second kappa shape index (κ2) is 7.20. The molecule has 124 valence electrons. The molecule has 4 nitrogen and oxygen atoms in total. The number of aromatic nitrogens is 1. The Balaban J connectivity index is 1.97. The molecule has 0 saturated heterocycles. The van der Waals surface area contributed by atoms with Crippen LogP contribution in [-0.4, -0.2) is 12.1 Å². The smallest absolute Gasteiger partial charge is 0.149 e. The largest absolute Gasteiger partial charge is 0.497 e. The molecule has 6 heteroatoms. The molecule has 1 heterocycles. The first-order valence-corrected chi connectivity index (χ1v) is 7.76. The molecule has 0 unspecified atom stereocenters. The molecule has 1 aromatic heterocycles. The second-order valence-corrected chi connectivity index (χ2v) is 5.59. The van der Waals surface area contributed by atoms with E-state index in [0.29, 0.717) is 22.8 Å². The summed E-state index contributed by atoms with van der Waals surface area (Å²) in [6.45, 7) is 0. The van der Waals surface area contributed by atoms with E-state index in [-0.39, 0.29) is 5.02 Å². The summed E-state index contributed by atoms with van der Waals surface area (Å²) < 4.78 is 18.4. The zero-order valence-corrected chi connectivity index (χ0v) is 14.0. The maximum Gasteiger partial charge on any atom is 0.149 e. The van der Waals surface area contributed by atoms with Gasteiger partial charge in [-0.05, 0) is 54.6 Å². The van der Waals surface area contributed by atoms with Crippen molar-refractivity contribution >= 4 is 23.1 Å². The van der Waals surface area contributed by atoms with E-state index < -0.39 is 5.82 Å². The van der Waals surface area contributed by atoms with E-state index in [4.69, 9.17) is 16.3 Å². The third-order valence-corrected chi connectivity index (χ3v) is 3.87. The van der Waals surface area contributed by atoms with Crippen LogP contribution in [0.5, 0.6) is 5.75 Å². The van der Waals surface area contributed by atoms with Gasteiger partial charge in [-0.25, -0.2) is 9.37 Å². The first kappa shape index (κ1) is 16.7. The number of anilines is 2. The van der Waals surface area contributed by atoms with E-state index in [1.807, 2.05) is 24.3 Å². The molecular formula is C19H13ClFN3O. The van der Waals surface area contributed by atoms with Crippen molar-refractivity contribution in [3.05, 3.63) is 71.0 Å². The van der Waals surface area contributed by atoms with Gasteiger partial charge in [0.05, 0.1) is 23.4 Å². The Morgan fingerprint density at radius 1 is 1.12 bits per heavy atom. The van der Waals surface area contributed by atoms with Crippen molar-refractivity contribution in [1.29, 1.82) is 5.26 Å². The van der Waals surface area contributed by atoms with Crippen molar-refractivity contribution < 1.29 is 9.13 Å². The third-order valence-electron chi connectivity index (χ3n) is 3.58. The summed E-state index contributed by atoms with van der Waals surface area (Å²) in [5, 5.41) is 12.3. The van der Waals surface area contributed by atoms with Crippen molar-refractivity contribution in [1.82, 2.24) is 4.98 Å². The number of halogens is 2. The van der Waals surface area contributed by atoms with Crippen LogP contribution in [0.15, 0.2) is 54.6 Å². The molecule has 0 bridgehead atoms. The number of benzene rings is 2. The van der Waals surface area contributed by atoms with Crippen molar-refractivity contribution in [2.24, 2.45) is 0 Å². The fourth-order valence-electron chi connectivity index (χ4n) is 2.28. The maximum absolute atomic E-state index is 13.3. The molecule has 0 aliphatic heterocycles. The Hall–Kier alpha value is -3.10. The predicted octanol–water partition coefficient (Wildman–Crippen LogP) is 5.16. The average molecular weight is 354 g/mol.